The summed E-state index contributed by atoms with van der Waals surface area (Å²) in [5, 5.41) is 11.0. The van der Waals surface area contributed by atoms with E-state index in [0.717, 1.165) is 63.7 Å². The first-order valence-corrected chi connectivity index (χ1v) is 20.4. The molecule has 4 aromatic carbocycles. The van der Waals surface area contributed by atoms with E-state index in [1.54, 1.807) is 0 Å². The Kier molecular flexibility index (Phi) is 11.9. The molecule has 0 spiro atoms. The third-order valence-corrected chi connectivity index (χ3v) is 11.1. The van der Waals surface area contributed by atoms with Crippen LogP contribution in [0.5, 0.6) is 0 Å². The quantitative estimate of drug-likeness (QED) is 0.114. The van der Waals surface area contributed by atoms with Gasteiger partial charge in [0.2, 0.25) is 13.1 Å². The van der Waals surface area contributed by atoms with Crippen molar-refractivity contribution in [3.63, 3.8) is 0 Å². The minimum absolute atomic E-state index is 0.0232. The minimum Gasteiger partial charge on any atom is -0.344 e. The van der Waals surface area contributed by atoms with Crippen molar-refractivity contribution in [2.24, 2.45) is 0 Å². The fourth-order valence-electron chi connectivity index (χ4n) is 7.86. The van der Waals surface area contributed by atoms with Gasteiger partial charge >= 0.3 is 0 Å². The second-order valence-corrected chi connectivity index (χ2v) is 15.2. The maximum absolute atomic E-state index is 12.9. The van der Waals surface area contributed by atoms with Crippen molar-refractivity contribution in [3.05, 3.63) is 194 Å². The van der Waals surface area contributed by atoms with Gasteiger partial charge < -0.3 is 10.6 Å². The van der Waals surface area contributed by atoms with Crippen molar-refractivity contribution in [1.82, 2.24) is 10.6 Å². The molecule has 0 fully saturated rings. The zero-order valence-corrected chi connectivity index (χ0v) is 33.6. The number of benzene rings is 4. The highest BCUT2D eigenvalue weighted by Gasteiger charge is 2.18. The second-order valence-electron chi connectivity index (χ2n) is 15.2. The van der Waals surface area contributed by atoms with Crippen LogP contribution >= 0.6 is 0 Å². The van der Waals surface area contributed by atoms with Crippen LogP contribution in [-0.4, -0.2) is 11.8 Å². The smallest absolute Gasteiger partial charge is 0.286 e. The first-order chi connectivity index (χ1) is 28.9. The predicted octanol–water partition coefficient (Wildman–Crippen LogP) is 7.32. The first kappa shape index (κ1) is 38.8. The molecule has 0 radical (unpaired) electrons. The maximum Gasteiger partial charge on any atom is 0.286 e. The van der Waals surface area contributed by atoms with E-state index < -0.39 is 0 Å². The van der Waals surface area contributed by atoms with E-state index in [0.29, 0.717) is 0 Å². The number of fused-ring (bicyclic) bond motifs is 2. The molecule has 0 saturated carbocycles. The molecule has 8 aromatic rings. The highest BCUT2D eigenvalue weighted by Crippen LogP contribution is 2.25. The zero-order chi connectivity index (χ0) is 40.6. The van der Waals surface area contributed by atoms with Gasteiger partial charge in [0, 0.05) is 48.5 Å². The van der Waals surface area contributed by atoms with E-state index in [1.165, 1.54) is 10.8 Å². The molecule has 59 heavy (non-hydrogen) atoms. The number of aromatic nitrogens is 4. The Labute approximate surface area is 345 Å². The Balaban J connectivity index is 0.774. The van der Waals surface area contributed by atoms with Crippen molar-refractivity contribution >= 4 is 33.4 Å². The van der Waals surface area contributed by atoms with Gasteiger partial charge in [0.15, 0.2) is 62.7 Å². The highest BCUT2D eigenvalue weighted by atomic mass is 16.2. The van der Waals surface area contributed by atoms with Crippen molar-refractivity contribution in [1.29, 1.82) is 0 Å². The molecule has 8 heteroatoms. The molecule has 2 amide bonds. The highest BCUT2D eigenvalue weighted by molar-refractivity contribution is 5.87. The number of carbonyl (C=O) groups is 2. The molecule has 2 atom stereocenters. The molecule has 0 aliphatic heterocycles. The Hall–Kier alpha value is -7.06. The summed E-state index contributed by atoms with van der Waals surface area (Å²) in [4.78, 5) is 25.9. The largest absolute Gasteiger partial charge is 0.344 e. The van der Waals surface area contributed by atoms with Crippen molar-refractivity contribution in [2.45, 2.75) is 58.5 Å². The molecule has 8 rings (SSSR count). The van der Waals surface area contributed by atoms with E-state index in [9.17, 15) is 9.59 Å². The third kappa shape index (κ3) is 9.57. The summed E-state index contributed by atoms with van der Waals surface area (Å²) >= 11 is 0. The molecule has 4 heterocycles. The number of hydrogen-bond acceptors (Lipinski definition) is 2. The molecule has 0 aliphatic rings. The lowest BCUT2D eigenvalue weighted by molar-refractivity contribution is -0.726. The average Bonchev–Trinajstić information content (AvgIpc) is 3.27. The van der Waals surface area contributed by atoms with Gasteiger partial charge in [0.1, 0.15) is 0 Å². The van der Waals surface area contributed by atoms with E-state index in [1.807, 2.05) is 84.2 Å². The maximum atomic E-state index is 12.9. The van der Waals surface area contributed by atoms with E-state index >= 15 is 0 Å². The standard InChI is InChI=1S/C51H48N6O2/c1-38(46-16-7-12-44-10-3-5-14-48(44)46)52-50(58)36-56-32-22-42(23-33-56)40-18-28-54(29-19-40)26-9-27-55-30-20-41(21-31-55)43-24-34-57(35-25-43)37-51(59)53-39(2)47-17-8-13-45-11-4-6-15-49(45)47/h3-8,10-25,28-35,38-39H,9,26-27,36-37H2,1-2H3/q+2/p+2/t38-,39-/m1/s1. The van der Waals surface area contributed by atoms with Gasteiger partial charge in [-0.25, -0.2) is 9.13 Å². The molecule has 0 saturated heterocycles. The van der Waals surface area contributed by atoms with Crippen molar-refractivity contribution in [3.8, 4) is 22.3 Å². The van der Waals surface area contributed by atoms with Crippen LogP contribution in [0.25, 0.3) is 43.8 Å². The van der Waals surface area contributed by atoms with Gasteiger partial charge in [0.25, 0.3) is 11.8 Å². The van der Waals surface area contributed by atoms with Crippen LogP contribution in [0.4, 0.5) is 0 Å². The van der Waals surface area contributed by atoms with Crippen LogP contribution in [0.15, 0.2) is 183 Å². The molecule has 0 unspecified atom stereocenters. The number of hydrogen-bond donors (Lipinski definition) is 2. The Bertz CT molecular complexity index is 2500. The molecule has 8 nitrogen and oxygen atoms in total. The molecular weight excluding hydrogens is 729 g/mol. The van der Waals surface area contributed by atoms with Crippen LogP contribution < -0.4 is 28.9 Å². The fourth-order valence-corrected chi connectivity index (χ4v) is 7.86. The van der Waals surface area contributed by atoms with Gasteiger partial charge in [-0.15, -0.1) is 0 Å². The summed E-state index contributed by atoms with van der Waals surface area (Å²) < 4.78 is 8.25. The molecule has 0 bridgehead atoms. The van der Waals surface area contributed by atoms with Crippen LogP contribution in [0.2, 0.25) is 0 Å². The lowest BCUT2D eigenvalue weighted by Gasteiger charge is -2.15. The topological polar surface area (TPSA) is 73.7 Å². The van der Waals surface area contributed by atoms with Crippen LogP contribution in [0.1, 0.15) is 43.5 Å². The average molecular weight is 779 g/mol. The Morgan fingerprint density at radius 2 is 0.746 bits per heavy atom. The van der Waals surface area contributed by atoms with Gasteiger partial charge in [-0.05, 0) is 68.8 Å². The van der Waals surface area contributed by atoms with Crippen LogP contribution in [0, 0.1) is 0 Å². The first-order valence-electron chi connectivity index (χ1n) is 20.4. The monoisotopic (exact) mass is 778 g/mol. The van der Waals surface area contributed by atoms with Gasteiger partial charge in [-0.1, -0.05) is 84.9 Å². The van der Waals surface area contributed by atoms with Crippen molar-refractivity contribution in [2.75, 3.05) is 0 Å². The summed E-state index contributed by atoms with van der Waals surface area (Å²) in [6, 6.07) is 45.6. The van der Waals surface area contributed by atoms with Gasteiger partial charge in [-0.2, -0.15) is 9.13 Å². The lowest BCUT2D eigenvalue weighted by atomic mass is 10.00. The third-order valence-electron chi connectivity index (χ3n) is 11.1. The zero-order valence-electron chi connectivity index (χ0n) is 33.6. The van der Waals surface area contributed by atoms with Gasteiger partial charge in [0.05, 0.1) is 18.5 Å². The van der Waals surface area contributed by atoms with E-state index in [2.05, 4.69) is 142 Å². The number of nitrogens with one attached hydrogen (secondary N) is 2. The molecule has 2 N–H and O–H groups in total. The van der Waals surface area contributed by atoms with E-state index in [-0.39, 0.29) is 37.0 Å². The van der Waals surface area contributed by atoms with E-state index in [4.69, 9.17) is 0 Å². The molecule has 4 aromatic heterocycles. The fraction of sp³-hybridized carbons (Fsp3) is 0.176. The minimum atomic E-state index is -0.0937. The Morgan fingerprint density at radius 1 is 0.424 bits per heavy atom. The Morgan fingerprint density at radius 3 is 1.12 bits per heavy atom. The van der Waals surface area contributed by atoms with Crippen LogP contribution in [-0.2, 0) is 35.8 Å². The summed E-state index contributed by atoms with van der Waals surface area (Å²) in [5.41, 5.74) is 6.72. The number of nitrogens with zero attached hydrogens (tertiary/aromatic N) is 4. The molecule has 0 aliphatic carbocycles. The molecule has 292 valence electrons. The van der Waals surface area contributed by atoms with Crippen LogP contribution in [0.3, 0.4) is 0 Å². The normalized spacial score (nSPS) is 12.2. The number of carbonyl (C=O) groups excluding carboxylic acids is 2. The molecular formula is C51H50N6O2+4. The number of pyridine rings is 4. The number of aryl methyl sites for hydroxylation is 2. The van der Waals surface area contributed by atoms with Gasteiger partial charge in [-0.3, -0.25) is 9.59 Å². The predicted molar refractivity (Wildman–Crippen MR) is 230 cm³/mol. The SMILES string of the molecule is C[C@@H](NC(=O)C[n+]1ccc(-c2cc[n+](CCC[n+]3ccc(-c4cc[n+](CC(=O)N[C@H](C)c5cccc6ccccc56)cc4)cc3)cc2)cc1)c1cccc2ccccc12. The summed E-state index contributed by atoms with van der Waals surface area (Å²) in [5.74, 6) is -0.0463. The lowest BCUT2D eigenvalue weighted by Crippen LogP contribution is -2.43. The number of amides is 2. The summed E-state index contributed by atoms with van der Waals surface area (Å²) in [6.07, 6.45) is 17.4. The summed E-state index contributed by atoms with van der Waals surface area (Å²) in [7, 11) is 0. The van der Waals surface area contributed by atoms with Crippen molar-refractivity contribution < 1.29 is 27.9 Å². The summed E-state index contributed by atoms with van der Waals surface area (Å²) in [6.45, 7) is 6.39. The second kappa shape index (κ2) is 18.0. The number of rotatable bonds is 14.